The molecule has 0 aliphatic carbocycles. The lowest BCUT2D eigenvalue weighted by Crippen LogP contribution is -2.53. The largest absolute Gasteiger partial charge is 0.497 e. The summed E-state index contributed by atoms with van der Waals surface area (Å²) in [6.07, 6.45) is 3.17. The summed E-state index contributed by atoms with van der Waals surface area (Å²) in [5.41, 5.74) is 1.23. The van der Waals surface area contributed by atoms with Crippen LogP contribution in [0.2, 0.25) is 0 Å². The molecule has 0 N–H and O–H groups in total. The van der Waals surface area contributed by atoms with E-state index in [4.69, 9.17) is 14.2 Å². The number of hydrogen-bond acceptors (Lipinski definition) is 5. The first kappa shape index (κ1) is 18.5. The van der Waals surface area contributed by atoms with Gasteiger partial charge in [-0.15, -0.1) is 0 Å². The Bertz CT molecular complexity index is 548. The van der Waals surface area contributed by atoms with Crippen LogP contribution >= 0.6 is 0 Å². The number of methoxy groups -OCH3 is 2. The van der Waals surface area contributed by atoms with Crippen LogP contribution in [0.1, 0.15) is 32.3 Å². The van der Waals surface area contributed by atoms with E-state index in [0.29, 0.717) is 18.2 Å². The smallest absolute Gasteiger partial charge is 0.127 e. The predicted octanol–water partition coefficient (Wildman–Crippen LogP) is 2.78. The highest BCUT2D eigenvalue weighted by Crippen LogP contribution is 2.28. The van der Waals surface area contributed by atoms with Gasteiger partial charge in [0.25, 0.3) is 0 Å². The molecule has 0 bridgehead atoms. The molecule has 25 heavy (non-hydrogen) atoms. The van der Waals surface area contributed by atoms with Gasteiger partial charge >= 0.3 is 0 Å². The van der Waals surface area contributed by atoms with E-state index in [1.54, 1.807) is 14.2 Å². The number of likely N-dealkylation sites (tertiary alicyclic amines) is 1. The Morgan fingerprint density at radius 1 is 1.04 bits per heavy atom. The number of ether oxygens (including phenoxy) is 3. The van der Waals surface area contributed by atoms with E-state index in [1.165, 1.54) is 18.4 Å². The van der Waals surface area contributed by atoms with Crippen LogP contribution in [0, 0.1) is 0 Å². The van der Waals surface area contributed by atoms with Crippen LogP contribution in [0.3, 0.4) is 0 Å². The van der Waals surface area contributed by atoms with Gasteiger partial charge in [0.1, 0.15) is 11.5 Å². The van der Waals surface area contributed by atoms with Gasteiger partial charge in [-0.25, -0.2) is 0 Å². The van der Waals surface area contributed by atoms with Crippen LogP contribution in [0.5, 0.6) is 11.5 Å². The summed E-state index contributed by atoms with van der Waals surface area (Å²) in [4.78, 5) is 5.18. The molecule has 3 rings (SSSR count). The molecule has 5 heteroatoms. The summed E-state index contributed by atoms with van der Waals surface area (Å²) in [5, 5.41) is 0. The van der Waals surface area contributed by atoms with Crippen LogP contribution in [-0.4, -0.2) is 68.4 Å². The van der Waals surface area contributed by atoms with E-state index in [0.717, 1.165) is 44.2 Å². The van der Waals surface area contributed by atoms with Crippen molar-refractivity contribution in [3.05, 3.63) is 23.8 Å². The molecule has 2 heterocycles. The van der Waals surface area contributed by atoms with Crippen molar-refractivity contribution in [2.75, 3.05) is 40.4 Å². The number of morpholine rings is 1. The molecule has 0 radical (unpaired) electrons. The Morgan fingerprint density at radius 2 is 1.72 bits per heavy atom. The second-order valence-corrected chi connectivity index (χ2v) is 7.40. The minimum absolute atomic E-state index is 0.352. The number of benzene rings is 1. The molecule has 2 aliphatic rings. The van der Waals surface area contributed by atoms with E-state index in [2.05, 4.69) is 29.7 Å². The average molecular weight is 348 g/mol. The first-order valence-corrected chi connectivity index (χ1v) is 9.41. The lowest BCUT2D eigenvalue weighted by atomic mass is 10.0. The summed E-state index contributed by atoms with van der Waals surface area (Å²) in [7, 11) is 3.41. The van der Waals surface area contributed by atoms with Gasteiger partial charge in [-0.05, 0) is 45.8 Å². The van der Waals surface area contributed by atoms with E-state index < -0.39 is 0 Å². The fourth-order valence-corrected chi connectivity index (χ4v) is 4.18. The SMILES string of the molecule is COc1ccc(CN2CCC(N3C[C@@H](C)O[C@H](C)C3)CC2)c(OC)c1. The Hall–Kier alpha value is -1.30. The van der Waals surface area contributed by atoms with E-state index in [1.807, 2.05) is 12.1 Å². The zero-order chi connectivity index (χ0) is 17.8. The number of hydrogen-bond donors (Lipinski definition) is 0. The van der Waals surface area contributed by atoms with Crippen molar-refractivity contribution in [3.8, 4) is 11.5 Å². The lowest BCUT2D eigenvalue weighted by molar-refractivity contribution is -0.0865. The Morgan fingerprint density at radius 3 is 2.32 bits per heavy atom. The van der Waals surface area contributed by atoms with Crippen molar-refractivity contribution >= 4 is 0 Å². The maximum absolute atomic E-state index is 5.88. The molecule has 140 valence electrons. The fraction of sp³-hybridized carbons (Fsp3) is 0.700. The second-order valence-electron chi connectivity index (χ2n) is 7.40. The molecule has 1 aromatic carbocycles. The molecule has 0 saturated carbocycles. The predicted molar refractivity (Wildman–Crippen MR) is 99.4 cm³/mol. The van der Waals surface area contributed by atoms with Crippen molar-refractivity contribution < 1.29 is 14.2 Å². The van der Waals surface area contributed by atoms with Crippen LogP contribution in [0.15, 0.2) is 18.2 Å². The third-order valence-electron chi connectivity index (χ3n) is 5.41. The van der Waals surface area contributed by atoms with Gasteiger partial charge < -0.3 is 14.2 Å². The minimum atomic E-state index is 0.352. The van der Waals surface area contributed by atoms with Gasteiger partial charge in [0, 0.05) is 37.3 Å². The summed E-state index contributed by atoms with van der Waals surface area (Å²) in [5.74, 6) is 1.76. The first-order chi connectivity index (χ1) is 12.1. The molecule has 2 atom stereocenters. The fourth-order valence-electron chi connectivity index (χ4n) is 4.18. The maximum atomic E-state index is 5.88. The monoisotopic (exact) mass is 348 g/mol. The van der Waals surface area contributed by atoms with Gasteiger partial charge in [0.2, 0.25) is 0 Å². The van der Waals surface area contributed by atoms with Crippen molar-refractivity contribution in [2.45, 2.75) is 51.5 Å². The van der Waals surface area contributed by atoms with Gasteiger partial charge in [-0.3, -0.25) is 9.80 Å². The molecular formula is C20H32N2O3. The second kappa shape index (κ2) is 8.39. The van der Waals surface area contributed by atoms with Crippen LogP contribution in [0.25, 0.3) is 0 Å². The summed E-state index contributed by atoms with van der Waals surface area (Å²) >= 11 is 0. The summed E-state index contributed by atoms with van der Waals surface area (Å²) in [6.45, 7) is 9.74. The molecule has 2 aliphatic heterocycles. The summed E-state index contributed by atoms with van der Waals surface area (Å²) in [6, 6.07) is 6.80. The Labute approximate surface area is 151 Å². The zero-order valence-electron chi connectivity index (χ0n) is 16.0. The Balaban J connectivity index is 1.54. The van der Waals surface area contributed by atoms with E-state index in [9.17, 15) is 0 Å². The van der Waals surface area contributed by atoms with Crippen molar-refractivity contribution in [1.29, 1.82) is 0 Å². The van der Waals surface area contributed by atoms with E-state index in [-0.39, 0.29) is 0 Å². The highest BCUT2D eigenvalue weighted by atomic mass is 16.5. The molecule has 0 unspecified atom stereocenters. The van der Waals surface area contributed by atoms with Crippen LogP contribution < -0.4 is 9.47 Å². The third kappa shape index (κ3) is 4.66. The van der Waals surface area contributed by atoms with Crippen LogP contribution in [0.4, 0.5) is 0 Å². The highest BCUT2D eigenvalue weighted by Gasteiger charge is 2.30. The molecule has 0 aromatic heterocycles. The van der Waals surface area contributed by atoms with Gasteiger partial charge in [0.15, 0.2) is 0 Å². The molecule has 2 saturated heterocycles. The number of rotatable bonds is 5. The van der Waals surface area contributed by atoms with Crippen molar-refractivity contribution in [2.24, 2.45) is 0 Å². The molecule has 5 nitrogen and oxygen atoms in total. The normalized spacial score (nSPS) is 26.6. The average Bonchev–Trinajstić information content (AvgIpc) is 2.62. The zero-order valence-corrected chi connectivity index (χ0v) is 16.0. The van der Waals surface area contributed by atoms with Gasteiger partial charge in [0.05, 0.1) is 26.4 Å². The lowest BCUT2D eigenvalue weighted by Gasteiger charge is -2.43. The molecule has 2 fully saturated rings. The molecule has 1 aromatic rings. The first-order valence-electron chi connectivity index (χ1n) is 9.41. The van der Waals surface area contributed by atoms with Gasteiger partial charge in [-0.2, -0.15) is 0 Å². The minimum Gasteiger partial charge on any atom is -0.497 e. The molecule has 0 amide bonds. The van der Waals surface area contributed by atoms with E-state index >= 15 is 0 Å². The number of nitrogens with zero attached hydrogens (tertiary/aromatic N) is 2. The Kier molecular flexibility index (Phi) is 6.20. The topological polar surface area (TPSA) is 34.2 Å². The quantitative estimate of drug-likeness (QED) is 0.817. The molecule has 0 spiro atoms. The highest BCUT2D eigenvalue weighted by molar-refractivity contribution is 5.40. The number of piperidine rings is 1. The third-order valence-corrected chi connectivity index (χ3v) is 5.41. The molecular weight excluding hydrogens is 316 g/mol. The summed E-state index contributed by atoms with van der Waals surface area (Å²) < 4.78 is 16.7. The van der Waals surface area contributed by atoms with Crippen LogP contribution in [-0.2, 0) is 11.3 Å². The van der Waals surface area contributed by atoms with Crippen molar-refractivity contribution in [1.82, 2.24) is 9.80 Å². The van der Waals surface area contributed by atoms with Crippen molar-refractivity contribution in [3.63, 3.8) is 0 Å². The van der Waals surface area contributed by atoms with Gasteiger partial charge in [-0.1, -0.05) is 6.07 Å². The maximum Gasteiger partial charge on any atom is 0.127 e. The standard InChI is InChI=1S/C20H32N2O3/c1-15-12-22(13-16(2)25-15)18-7-9-21(10-8-18)14-17-5-6-19(23-3)11-20(17)24-4/h5-6,11,15-16,18H,7-10,12-14H2,1-4H3/t15-,16-/m1/s1.